The van der Waals surface area contributed by atoms with Crippen molar-refractivity contribution in [1.82, 2.24) is 4.90 Å². The number of likely N-dealkylation sites (N-methyl/N-ethyl adjacent to an activating group) is 1. The van der Waals surface area contributed by atoms with Gasteiger partial charge in [-0.15, -0.1) is 0 Å². The number of nitrogens with zero attached hydrogens (tertiary/aromatic N) is 1. The van der Waals surface area contributed by atoms with E-state index in [2.05, 4.69) is 97.2 Å². The van der Waals surface area contributed by atoms with Crippen LogP contribution >= 0.6 is 7.92 Å². The van der Waals surface area contributed by atoms with E-state index in [0.717, 1.165) is 25.7 Å². The molecule has 6 heteroatoms. The minimum Gasteiger partial charge on any atom is -0.377 e. The van der Waals surface area contributed by atoms with Gasteiger partial charge in [-0.1, -0.05) is 79.9 Å². The van der Waals surface area contributed by atoms with E-state index in [-0.39, 0.29) is 22.9 Å². The van der Waals surface area contributed by atoms with E-state index in [0.29, 0.717) is 29.0 Å². The van der Waals surface area contributed by atoms with Crippen LogP contribution in [-0.2, 0) is 0 Å². The molecule has 0 aliphatic heterocycles. The average Bonchev–Trinajstić information content (AvgIpc) is 3.41. The Labute approximate surface area is 222 Å². The van der Waals surface area contributed by atoms with Gasteiger partial charge in [0.25, 0.3) is 10.9 Å². The molecule has 196 valence electrons. The second kappa shape index (κ2) is 11.5. The van der Waals surface area contributed by atoms with E-state index in [1.165, 1.54) is 29.9 Å². The average molecular weight is 518 g/mol. The van der Waals surface area contributed by atoms with E-state index >= 15 is 0 Å². The second-order valence-electron chi connectivity index (χ2n) is 11.1. The summed E-state index contributed by atoms with van der Waals surface area (Å²) in [6.45, 7) is 2.20. The Hall–Kier alpha value is -2.49. The molecule has 2 aliphatic rings. The standard InChI is InChI=1S/C31H40N3O2P/c1-21(32-28-29(31(36)30(28)35)33-25-18-10-11-19-26(25)34(2)3)24-17-12-20-27(24)37(22-13-6-4-7-14-22)23-15-8-5-9-16-23/h4-9,13-16,21,24-27,32-33H,10-12,17-20H2,1-3H3/t21-,24?,25+,26+,27?/m1/s1. The molecule has 3 aromatic rings. The molecule has 0 spiro atoms. The lowest BCUT2D eigenvalue weighted by molar-refractivity contribution is 0.211. The highest BCUT2D eigenvalue weighted by Gasteiger charge is 2.39. The summed E-state index contributed by atoms with van der Waals surface area (Å²) in [5, 5.41) is 9.89. The number of benzene rings is 2. The topological polar surface area (TPSA) is 61.4 Å². The first-order chi connectivity index (χ1) is 18.0. The quantitative estimate of drug-likeness (QED) is 0.319. The highest BCUT2D eigenvalue weighted by molar-refractivity contribution is 7.73. The normalized spacial score (nSPS) is 25.0. The van der Waals surface area contributed by atoms with E-state index in [1.54, 1.807) is 0 Å². The van der Waals surface area contributed by atoms with Crippen molar-refractivity contribution in [3.63, 3.8) is 0 Å². The van der Waals surface area contributed by atoms with Crippen LogP contribution < -0.4 is 32.1 Å². The summed E-state index contributed by atoms with van der Waals surface area (Å²) in [5.41, 5.74) is 0.821. The zero-order chi connectivity index (χ0) is 25.9. The molecule has 2 fully saturated rings. The SMILES string of the molecule is C[C@@H](Nc1c(N[C@H]2CCCC[C@@H]2N(C)C)c(=O)c1=O)C1CCCC1P(c1ccccc1)c1ccccc1. The third kappa shape index (κ3) is 5.40. The maximum absolute atomic E-state index is 12.7. The fraction of sp³-hybridized carbons (Fsp3) is 0.484. The van der Waals surface area contributed by atoms with Crippen molar-refractivity contribution < 1.29 is 0 Å². The minimum absolute atomic E-state index is 0.116. The summed E-state index contributed by atoms with van der Waals surface area (Å²) in [6, 6.07) is 22.6. The Kier molecular flexibility index (Phi) is 8.12. The van der Waals surface area contributed by atoms with Gasteiger partial charge in [-0.3, -0.25) is 9.59 Å². The summed E-state index contributed by atoms with van der Waals surface area (Å²) in [5.74, 6) is 0.438. The van der Waals surface area contributed by atoms with Crippen LogP contribution in [0.5, 0.6) is 0 Å². The zero-order valence-electron chi connectivity index (χ0n) is 22.3. The van der Waals surface area contributed by atoms with Crippen LogP contribution in [0, 0.1) is 5.92 Å². The van der Waals surface area contributed by atoms with Crippen LogP contribution in [0.25, 0.3) is 0 Å². The van der Waals surface area contributed by atoms with Gasteiger partial charge in [-0.25, -0.2) is 0 Å². The molecular formula is C31H40N3O2P. The summed E-state index contributed by atoms with van der Waals surface area (Å²) >= 11 is 0. The molecule has 3 aromatic carbocycles. The van der Waals surface area contributed by atoms with Crippen molar-refractivity contribution in [2.45, 2.75) is 75.7 Å². The molecule has 37 heavy (non-hydrogen) atoms. The molecule has 2 unspecified atom stereocenters. The van der Waals surface area contributed by atoms with Gasteiger partial charge in [-0.05, 0) is 76.8 Å². The minimum atomic E-state index is -0.522. The van der Waals surface area contributed by atoms with Crippen molar-refractivity contribution in [3.8, 4) is 0 Å². The van der Waals surface area contributed by atoms with E-state index in [4.69, 9.17) is 0 Å². The van der Waals surface area contributed by atoms with Crippen LogP contribution in [0.3, 0.4) is 0 Å². The van der Waals surface area contributed by atoms with E-state index in [1.807, 2.05) is 0 Å². The van der Waals surface area contributed by atoms with Crippen molar-refractivity contribution >= 4 is 29.9 Å². The van der Waals surface area contributed by atoms with Gasteiger partial charge in [0.05, 0.1) is 0 Å². The van der Waals surface area contributed by atoms with E-state index < -0.39 is 7.92 Å². The maximum atomic E-state index is 12.7. The van der Waals surface area contributed by atoms with Crippen LogP contribution in [0.15, 0.2) is 70.3 Å². The number of anilines is 2. The first-order valence-corrected chi connectivity index (χ1v) is 15.3. The van der Waals surface area contributed by atoms with Crippen molar-refractivity contribution in [2.75, 3.05) is 24.7 Å². The third-order valence-electron chi connectivity index (χ3n) is 8.58. The lowest BCUT2D eigenvalue weighted by Crippen LogP contribution is -2.49. The Morgan fingerprint density at radius 3 is 2.00 bits per heavy atom. The predicted octanol–water partition coefficient (Wildman–Crippen LogP) is 4.67. The van der Waals surface area contributed by atoms with Crippen LogP contribution in [0.2, 0.25) is 0 Å². The van der Waals surface area contributed by atoms with Gasteiger partial charge in [0.1, 0.15) is 11.4 Å². The lowest BCUT2D eigenvalue weighted by atomic mass is 9.89. The van der Waals surface area contributed by atoms with Crippen molar-refractivity contribution in [2.24, 2.45) is 5.92 Å². The first kappa shape index (κ1) is 26.1. The largest absolute Gasteiger partial charge is 0.377 e. The molecule has 0 radical (unpaired) electrons. The second-order valence-corrected chi connectivity index (χ2v) is 13.5. The number of hydrogen-bond donors (Lipinski definition) is 2. The van der Waals surface area contributed by atoms with Gasteiger partial charge in [0.15, 0.2) is 0 Å². The number of rotatable bonds is 9. The highest BCUT2D eigenvalue weighted by atomic mass is 31.1. The Morgan fingerprint density at radius 1 is 0.784 bits per heavy atom. The van der Waals surface area contributed by atoms with Gasteiger partial charge >= 0.3 is 0 Å². The molecule has 0 heterocycles. The van der Waals surface area contributed by atoms with Crippen LogP contribution in [0.1, 0.15) is 51.9 Å². The lowest BCUT2D eigenvalue weighted by Gasteiger charge is -2.38. The van der Waals surface area contributed by atoms with Crippen molar-refractivity contribution in [3.05, 3.63) is 81.1 Å². The molecule has 0 bridgehead atoms. The molecule has 0 aromatic heterocycles. The molecule has 5 rings (SSSR count). The number of nitrogens with one attached hydrogen (secondary N) is 2. The molecule has 5 atom stereocenters. The summed E-state index contributed by atoms with van der Waals surface area (Å²) in [7, 11) is 3.68. The Bertz CT molecular complexity index is 1200. The van der Waals surface area contributed by atoms with Crippen LogP contribution in [0.4, 0.5) is 11.4 Å². The Balaban J connectivity index is 1.37. The van der Waals surface area contributed by atoms with Gasteiger partial charge < -0.3 is 15.5 Å². The van der Waals surface area contributed by atoms with E-state index in [9.17, 15) is 9.59 Å². The van der Waals surface area contributed by atoms with Crippen LogP contribution in [-0.4, -0.2) is 42.8 Å². The summed E-state index contributed by atoms with van der Waals surface area (Å²) in [4.78, 5) is 27.6. The smallest absolute Gasteiger partial charge is 0.253 e. The monoisotopic (exact) mass is 517 g/mol. The van der Waals surface area contributed by atoms with Crippen molar-refractivity contribution in [1.29, 1.82) is 0 Å². The molecular weight excluding hydrogens is 477 g/mol. The molecule has 5 nitrogen and oxygen atoms in total. The molecule has 2 saturated carbocycles. The fourth-order valence-electron chi connectivity index (χ4n) is 6.67. The van der Waals surface area contributed by atoms with Gasteiger partial charge in [0.2, 0.25) is 0 Å². The zero-order valence-corrected chi connectivity index (χ0v) is 23.2. The van der Waals surface area contributed by atoms with Gasteiger partial charge in [-0.2, -0.15) is 0 Å². The predicted molar refractivity (Wildman–Crippen MR) is 158 cm³/mol. The fourth-order valence-corrected chi connectivity index (χ4v) is 9.95. The highest BCUT2D eigenvalue weighted by Crippen LogP contribution is 2.51. The Morgan fingerprint density at radius 2 is 1.38 bits per heavy atom. The molecule has 2 aliphatic carbocycles. The summed E-state index contributed by atoms with van der Waals surface area (Å²) < 4.78 is 0. The molecule has 2 N–H and O–H groups in total. The number of hydrogen-bond acceptors (Lipinski definition) is 5. The maximum Gasteiger partial charge on any atom is 0.253 e. The first-order valence-electron chi connectivity index (χ1n) is 13.9. The summed E-state index contributed by atoms with van der Waals surface area (Å²) in [6.07, 6.45) is 8.04. The molecule has 0 amide bonds. The molecule has 0 saturated heterocycles. The van der Waals surface area contributed by atoms with Gasteiger partial charge in [0, 0.05) is 18.1 Å². The third-order valence-corrected chi connectivity index (χ3v) is 11.6.